The predicted molar refractivity (Wildman–Crippen MR) is 243 cm³/mol. The van der Waals surface area contributed by atoms with Gasteiger partial charge in [0.15, 0.2) is 0 Å². The predicted octanol–water partition coefficient (Wildman–Crippen LogP) is 15.0. The van der Waals surface area contributed by atoms with Crippen molar-refractivity contribution in [3.05, 3.63) is 193 Å². The number of benzene rings is 6. The fourth-order valence-corrected chi connectivity index (χ4v) is 11.6. The SMILES string of the molecule is CC12C=CC=CC1c1ccccc1-c1ccc(-c3cc(-c4ccc5sc6cccnc6c5c4)cc(-c4ccc5sc6cccnc6c5c4)c3)cc1-c1ccccc12. The van der Waals surface area contributed by atoms with Gasteiger partial charge in [-0.1, -0.05) is 104 Å². The summed E-state index contributed by atoms with van der Waals surface area (Å²) in [6, 6.07) is 54.5. The first-order valence-electron chi connectivity index (χ1n) is 19.5. The van der Waals surface area contributed by atoms with Gasteiger partial charge in [0.05, 0.1) is 20.4 Å². The van der Waals surface area contributed by atoms with Gasteiger partial charge in [0.2, 0.25) is 0 Å². The zero-order valence-corrected chi connectivity index (χ0v) is 32.7. The molecule has 2 atom stereocenters. The maximum atomic E-state index is 4.80. The van der Waals surface area contributed by atoms with E-state index in [4.69, 9.17) is 9.97 Å². The van der Waals surface area contributed by atoms with Gasteiger partial charge in [0.25, 0.3) is 0 Å². The van der Waals surface area contributed by atoms with E-state index in [1.807, 2.05) is 24.5 Å². The molecule has 6 aromatic carbocycles. The van der Waals surface area contributed by atoms with Gasteiger partial charge in [0, 0.05) is 43.9 Å². The third kappa shape index (κ3) is 5.07. The number of thiophene rings is 2. The zero-order chi connectivity index (χ0) is 37.7. The monoisotopic (exact) mass is 762 g/mol. The first kappa shape index (κ1) is 32.8. The van der Waals surface area contributed by atoms with E-state index in [9.17, 15) is 0 Å². The van der Waals surface area contributed by atoms with Crippen molar-refractivity contribution in [1.29, 1.82) is 0 Å². The van der Waals surface area contributed by atoms with Crippen LogP contribution >= 0.6 is 22.7 Å². The lowest BCUT2D eigenvalue weighted by molar-refractivity contribution is 0.526. The van der Waals surface area contributed by atoms with Gasteiger partial charge >= 0.3 is 0 Å². The second-order valence-electron chi connectivity index (χ2n) is 15.5. The van der Waals surface area contributed by atoms with E-state index in [1.54, 1.807) is 22.7 Å². The van der Waals surface area contributed by atoms with Gasteiger partial charge in [-0.05, 0) is 140 Å². The van der Waals surface area contributed by atoms with Crippen molar-refractivity contribution in [2.75, 3.05) is 0 Å². The fraction of sp³-hybridized carbons (Fsp3) is 0.0566. The summed E-state index contributed by atoms with van der Waals surface area (Å²) in [5, 5.41) is 2.40. The number of pyridine rings is 2. The molecule has 0 fully saturated rings. The zero-order valence-electron chi connectivity index (χ0n) is 31.1. The number of nitrogens with zero attached hydrogens (tertiary/aromatic N) is 2. The minimum Gasteiger partial charge on any atom is -0.255 e. The topological polar surface area (TPSA) is 25.8 Å². The molecule has 2 nitrogen and oxygen atoms in total. The van der Waals surface area contributed by atoms with Crippen LogP contribution < -0.4 is 0 Å². The standard InChI is InChI=1S/C53H34N2S2/c1-53-23-7-6-14-45(53)40-11-3-2-10-38(40)39-20-17-32(29-42(39)41-12-4-5-13-46(41)53)35-26-36(33-18-21-47-43(30-33)51-49(56-47)15-8-24-54-51)28-37(27-35)34-19-22-48-44(31-34)52-50(57-48)16-9-25-55-52/h2-31,45H,1H3. The molecule has 0 saturated carbocycles. The molecule has 0 aliphatic heterocycles. The lowest BCUT2D eigenvalue weighted by Gasteiger charge is -2.40. The Morgan fingerprint density at radius 2 is 1.04 bits per heavy atom. The highest BCUT2D eigenvalue weighted by Crippen LogP contribution is 2.53. The Kier molecular flexibility index (Phi) is 7.20. The molecule has 2 aliphatic carbocycles. The van der Waals surface area contributed by atoms with E-state index < -0.39 is 0 Å². The highest BCUT2D eigenvalue weighted by Gasteiger charge is 2.39. The molecular formula is C53H34N2S2. The van der Waals surface area contributed by atoms with Crippen LogP contribution in [0.1, 0.15) is 24.0 Å². The Balaban J connectivity index is 1.10. The molecule has 0 amide bonds. The highest BCUT2D eigenvalue weighted by atomic mass is 32.1. The van der Waals surface area contributed by atoms with E-state index in [0.717, 1.165) is 11.0 Å². The van der Waals surface area contributed by atoms with E-state index in [1.165, 1.54) is 96.3 Å². The Hall–Kier alpha value is -6.46. The summed E-state index contributed by atoms with van der Waals surface area (Å²) < 4.78 is 4.94. The van der Waals surface area contributed by atoms with Crippen LogP contribution in [0.15, 0.2) is 182 Å². The molecule has 2 unspecified atom stereocenters. The summed E-state index contributed by atoms with van der Waals surface area (Å²) in [4.78, 5) is 9.60. The van der Waals surface area contributed by atoms with Crippen molar-refractivity contribution in [3.63, 3.8) is 0 Å². The molecule has 268 valence electrons. The summed E-state index contributed by atoms with van der Waals surface area (Å²) in [5.41, 5.74) is 16.9. The van der Waals surface area contributed by atoms with Gasteiger partial charge in [0.1, 0.15) is 0 Å². The van der Waals surface area contributed by atoms with Crippen LogP contribution in [0.25, 0.3) is 96.2 Å². The molecule has 4 aromatic heterocycles. The van der Waals surface area contributed by atoms with Gasteiger partial charge in [-0.15, -0.1) is 22.7 Å². The van der Waals surface area contributed by atoms with Crippen molar-refractivity contribution in [2.45, 2.75) is 18.3 Å². The quantitative estimate of drug-likeness (QED) is 0.179. The lowest BCUT2D eigenvalue weighted by Crippen LogP contribution is -2.30. The van der Waals surface area contributed by atoms with E-state index in [-0.39, 0.29) is 11.3 Å². The van der Waals surface area contributed by atoms with Gasteiger partial charge < -0.3 is 0 Å². The van der Waals surface area contributed by atoms with Crippen molar-refractivity contribution >= 4 is 63.3 Å². The number of aromatic nitrogens is 2. The van der Waals surface area contributed by atoms with Crippen molar-refractivity contribution in [3.8, 4) is 55.6 Å². The third-order valence-corrected chi connectivity index (χ3v) is 14.5. The van der Waals surface area contributed by atoms with Crippen molar-refractivity contribution < 1.29 is 0 Å². The van der Waals surface area contributed by atoms with Crippen LogP contribution in [0.5, 0.6) is 0 Å². The normalized spacial score (nSPS) is 17.0. The Labute approximate surface area is 338 Å². The summed E-state index contributed by atoms with van der Waals surface area (Å²) in [6.45, 7) is 2.41. The average Bonchev–Trinajstić information content (AvgIpc) is 3.83. The Morgan fingerprint density at radius 1 is 0.456 bits per heavy atom. The molecule has 0 bridgehead atoms. The van der Waals surface area contributed by atoms with Crippen LogP contribution in [0, 0.1) is 0 Å². The average molecular weight is 763 g/mol. The van der Waals surface area contributed by atoms with Crippen LogP contribution in [-0.4, -0.2) is 9.97 Å². The third-order valence-electron chi connectivity index (χ3n) is 12.3. The minimum absolute atomic E-state index is 0.194. The Bertz CT molecular complexity index is 3210. The summed E-state index contributed by atoms with van der Waals surface area (Å²) >= 11 is 3.61. The van der Waals surface area contributed by atoms with Gasteiger partial charge in [-0.2, -0.15) is 0 Å². The first-order valence-corrected chi connectivity index (χ1v) is 21.1. The van der Waals surface area contributed by atoms with Crippen LogP contribution in [0.4, 0.5) is 0 Å². The van der Waals surface area contributed by atoms with E-state index >= 15 is 0 Å². The summed E-state index contributed by atoms with van der Waals surface area (Å²) in [5.74, 6) is 0.229. The maximum absolute atomic E-state index is 4.80. The number of rotatable bonds is 3. The smallest absolute Gasteiger partial charge is 0.0888 e. The molecule has 10 aromatic rings. The number of hydrogen-bond acceptors (Lipinski definition) is 4. The van der Waals surface area contributed by atoms with Gasteiger partial charge in [-0.25, -0.2) is 0 Å². The molecule has 12 rings (SSSR count). The van der Waals surface area contributed by atoms with Crippen LogP contribution in [0.2, 0.25) is 0 Å². The molecule has 0 radical (unpaired) electrons. The molecule has 2 aliphatic rings. The highest BCUT2D eigenvalue weighted by molar-refractivity contribution is 7.26. The molecule has 0 spiro atoms. The molecule has 0 N–H and O–H groups in total. The van der Waals surface area contributed by atoms with E-state index in [2.05, 4.69) is 165 Å². The summed E-state index contributed by atoms with van der Waals surface area (Å²) in [7, 11) is 0. The van der Waals surface area contributed by atoms with Crippen molar-refractivity contribution in [1.82, 2.24) is 9.97 Å². The van der Waals surface area contributed by atoms with Crippen molar-refractivity contribution in [2.24, 2.45) is 0 Å². The molecule has 57 heavy (non-hydrogen) atoms. The second-order valence-corrected chi connectivity index (χ2v) is 17.7. The van der Waals surface area contributed by atoms with Gasteiger partial charge in [-0.3, -0.25) is 9.97 Å². The minimum atomic E-state index is -0.194. The maximum Gasteiger partial charge on any atom is 0.0888 e. The number of fused-ring (bicyclic) bond motifs is 14. The largest absolute Gasteiger partial charge is 0.255 e. The second kappa shape index (κ2) is 12.5. The first-order chi connectivity index (χ1) is 28.1. The van der Waals surface area contributed by atoms with E-state index in [0.29, 0.717) is 0 Å². The van der Waals surface area contributed by atoms with Crippen LogP contribution in [-0.2, 0) is 5.41 Å². The van der Waals surface area contributed by atoms with Crippen LogP contribution in [0.3, 0.4) is 0 Å². The Morgan fingerprint density at radius 3 is 1.70 bits per heavy atom. The summed E-state index contributed by atoms with van der Waals surface area (Å²) in [6.07, 6.45) is 13.0. The fourth-order valence-electron chi connectivity index (χ4n) is 9.48. The molecule has 4 heterocycles. The lowest BCUT2D eigenvalue weighted by atomic mass is 9.62. The molecule has 0 saturated heterocycles. The molecule has 4 heteroatoms. The number of hydrogen-bond donors (Lipinski definition) is 0. The number of allylic oxidation sites excluding steroid dienone is 4. The molecular weight excluding hydrogens is 729 g/mol.